The minimum Gasteiger partial charge on any atom is -0.396 e. The van der Waals surface area contributed by atoms with E-state index in [-0.39, 0.29) is 11.8 Å². The van der Waals surface area contributed by atoms with Crippen LogP contribution in [0.5, 0.6) is 0 Å². The highest BCUT2D eigenvalue weighted by atomic mass is 16.2. The number of amides is 2. The number of carbonyl (C=O) groups is 2. The van der Waals surface area contributed by atoms with Gasteiger partial charge < -0.3 is 16.0 Å². The van der Waals surface area contributed by atoms with Crippen LogP contribution in [0.15, 0.2) is 6.20 Å². The number of hydrogen-bond donors (Lipinski definition) is 2. The van der Waals surface area contributed by atoms with Crippen molar-refractivity contribution in [2.75, 3.05) is 18.8 Å². The second-order valence-corrected chi connectivity index (χ2v) is 5.04. The zero-order chi connectivity index (χ0) is 14.2. The van der Waals surface area contributed by atoms with Gasteiger partial charge in [0, 0.05) is 19.6 Å². The standard InChI is InChI=1S/C12H19N5O2/c1-4-17-9(8(13)7-15-17)10(18)16-6-5-14-11(19)12(16,2)3/h7H,4-6,13H2,1-3H3,(H,14,19). The number of nitrogens with one attached hydrogen (secondary N) is 1. The number of anilines is 1. The Morgan fingerprint density at radius 1 is 1.58 bits per heavy atom. The zero-order valence-electron chi connectivity index (χ0n) is 11.4. The molecule has 3 N–H and O–H groups in total. The van der Waals surface area contributed by atoms with Crippen molar-refractivity contribution in [3.63, 3.8) is 0 Å². The molecule has 1 fully saturated rings. The fraction of sp³-hybridized carbons (Fsp3) is 0.583. The van der Waals surface area contributed by atoms with Crippen LogP contribution >= 0.6 is 0 Å². The van der Waals surface area contributed by atoms with E-state index in [0.717, 1.165) is 0 Å². The number of hydrogen-bond acceptors (Lipinski definition) is 4. The van der Waals surface area contributed by atoms with Gasteiger partial charge in [0.2, 0.25) is 5.91 Å². The highest BCUT2D eigenvalue weighted by molar-refractivity contribution is 6.01. The van der Waals surface area contributed by atoms with E-state index in [1.54, 1.807) is 23.4 Å². The molecule has 2 rings (SSSR count). The second kappa shape index (κ2) is 4.56. The molecule has 0 atom stereocenters. The molecule has 0 radical (unpaired) electrons. The van der Waals surface area contributed by atoms with Crippen molar-refractivity contribution in [2.45, 2.75) is 32.9 Å². The molecule has 1 aromatic rings. The Morgan fingerprint density at radius 2 is 2.26 bits per heavy atom. The van der Waals surface area contributed by atoms with E-state index in [4.69, 9.17) is 5.73 Å². The molecule has 0 aromatic carbocycles. The van der Waals surface area contributed by atoms with E-state index in [0.29, 0.717) is 31.0 Å². The predicted molar refractivity (Wildman–Crippen MR) is 70.4 cm³/mol. The van der Waals surface area contributed by atoms with Crippen LogP contribution in [0.25, 0.3) is 0 Å². The van der Waals surface area contributed by atoms with Crippen molar-refractivity contribution >= 4 is 17.5 Å². The zero-order valence-corrected chi connectivity index (χ0v) is 11.4. The molecular weight excluding hydrogens is 246 g/mol. The summed E-state index contributed by atoms with van der Waals surface area (Å²) in [4.78, 5) is 26.1. The van der Waals surface area contributed by atoms with E-state index in [9.17, 15) is 9.59 Å². The number of rotatable bonds is 2. The Labute approximate surface area is 111 Å². The fourth-order valence-corrected chi connectivity index (χ4v) is 2.26. The molecule has 2 heterocycles. The quantitative estimate of drug-likeness (QED) is 0.776. The first-order valence-electron chi connectivity index (χ1n) is 6.31. The molecule has 0 bridgehead atoms. The molecule has 0 saturated carbocycles. The van der Waals surface area contributed by atoms with E-state index in [1.807, 2.05) is 6.92 Å². The molecule has 1 saturated heterocycles. The molecule has 1 aromatic heterocycles. The average molecular weight is 265 g/mol. The summed E-state index contributed by atoms with van der Waals surface area (Å²) in [5.41, 5.74) is 5.63. The van der Waals surface area contributed by atoms with Crippen LogP contribution in [0.3, 0.4) is 0 Å². The van der Waals surface area contributed by atoms with Gasteiger partial charge in [-0.15, -0.1) is 0 Å². The summed E-state index contributed by atoms with van der Waals surface area (Å²) in [6.45, 7) is 6.81. The molecule has 0 unspecified atom stereocenters. The first-order chi connectivity index (χ1) is 8.89. The molecule has 0 spiro atoms. The normalized spacial score (nSPS) is 18.3. The van der Waals surface area contributed by atoms with Crippen molar-refractivity contribution in [2.24, 2.45) is 0 Å². The number of nitrogen functional groups attached to an aromatic ring is 1. The Bertz CT molecular complexity index is 520. The maximum Gasteiger partial charge on any atom is 0.275 e. The third-order valence-electron chi connectivity index (χ3n) is 3.47. The van der Waals surface area contributed by atoms with Crippen LogP contribution in [0, 0.1) is 0 Å². The van der Waals surface area contributed by atoms with E-state index in [2.05, 4.69) is 10.4 Å². The van der Waals surface area contributed by atoms with Crippen molar-refractivity contribution < 1.29 is 9.59 Å². The number of aromatic nitrogens is 2. The summed E-state index contributed by atoms with van der Waals surface area (Å²) in [6, 6.07) is 0. The fourth-order valence-electron chi connectivity index (χ4n) is 2.26. The second-order valence-electron chi connectivity index (χ2n) is 5.04. The van der Waals surface area contributed by atoms with Crippen molar-refractivity contribution in [3.05, 3.63) is 11.9 Å². The van der Waals surface area contributed by atoms with Gasteiger partial charge in [0.1, 0.15) is 11.2 Å². The summed E-state index contributed by atoms with van der Waals surface area (Å²) < 4.78 is 1.56. The molecule has 7 heteroatoms. The van der Waals surface area contributed by atoms with Gasteiger partial charge in [-0.05, 0) is 20.8 Å². The van der Waals surface area contributed by atoms with Crippen LogP contribution in [0.4, 0.5) is 5.69 Å². The first-order valence-corrected chi connectivity index (χ1v) is 6.31. The van der Waals surface area contributed by atoms with Gasteiger partial charge in [0.25, 0.3) is 5.91 Å². The first kappa shape index (κ1) is 13.4. The highest BCUT2D eigenvalue weighted by Crippen LogP contribution is 2.23. The molecule has 104 valence electrons. The van der Waals surface area contributed by atoms with Crippen LogP contribution < -0.4 is 11.1 Å². The summed E-state index contributed by atoms with van der Waals surface area (Å²) in [6.07, 6.45) is 1.47. The predicted octanol–water partition coefficient (Wildman–Crippen LogP) is -0.164. The van der Waals surface area contributed by atoms with Crippen molar-refractivity contribution in [1.82, 2.24) is 20.0 Å². The molecule has 0 aliphatic carbocycles. The molecule has 19 heavy (non-hydrogen) atoms. The minimum atomic E-state index is -0.884. The molecular formula is C12H19N5O2. The number of nitrogens with zero attached hydrogens (tertiary/aromatic N) is 3. The Morgan fingerprint density at radius 3 is 2.89 bits per heavy atom. The lowest BCUT2D eigenvalue weighted by Crippen LogP contribution is -2.63. The van der Waals surface area contributed by atoms with Crippen LogP contribution in [-0.2, 0) is 11.3 Å². The average Bonchev–Trinajstić information content (AvgIpc) is 2.73. The van der Waals surface area contributed by atoms with Gasteiger partial charge >= 0.3 is 0 Å². The monoisotopic (exact) mass is 265 g/mol. The Kier molecular flexibility index (Phi) is 3.21. The largest absolute Gasteiger partial charge is 0.396 e. The smallest absolute Gasteiger partial charge is 0.275 e. The Hall–Kier alpha value is -2.05. The maximum absolute atomic E-state index is 12.6. The molecule has 7 nitrogen and oxygen atoms in total. The van der Waals surface area contributed by atoms with E-state index < -0.39 is 5.54 Å². The summed E-state index contributed by atoms with van der Waals surface area (Å²) in [5.74, 6) is -0.412. The number of piperazine rings is 1. The lowest BCUT2D eigenvalue weighted by molar-refractivity contribution is -0.133. The van der Waals surface area contributed by atoms with E-state index in [1.165, 1.54) is 6.20 Å². The molecule has 1 aliphatic heterocycles. The van der Waals surface area contributed by atoms with Gasteiger partial charge in [-0.2, -0.15) is 5.10 Å². The third kappa shape index (κ3) is 2.05. The van der Waals surface area contributed by atoms with Gasteiger partial charge in [-0.1, -0.05) is 0 Å². The van der Waals surface area contributed by atoms with Crippen molar-refractivity contribution in [1.29, 1.82) is 0 Å². The van der Waals surface area contributed by atoms with Crippen LogP contribution in [-0.4, -0.2) is 45.1 Å². The lowest BCUT2D eigenvalue weighted by Gasteiger charge is -2.41. The topological polar surface area (TPSA) is 93.2 Å². The van der Waals surface area contributed by atoms with Gasteiger partial charge in [-0.25, -0.2) is 0 Å². The van der Waals surface area contributed by atoms with E-state index >= 15 is 0 Å². The van der Waals surface area contributed by atoms with Crippen molar-refractivity contribution in [3.8, 4) is 0 Å². The number of carbonyl (C=O) groups excluding carboxylic acids is 2. The number of aryl methyl sites for hydroxylation is 1. The highest BCUT2D eigenvalue weighted by Gasteiger charge is 2.41. The van der Waals surface area contributed by atoms with Crippen LogP contribution in [0.2, 0.25) is 0 Å². The third-order valence-corrected chi connectivity index (χ3v) is 3.47. The van der Waals surface area contributed by atoms with Gasteiger partial charge in [0.15, 0.2) is 0 Å². The minimum absolute atomic E-state index is 0.159. The Balaban J connectivity index is 2.38. The SMILES string of the molecule is CCn1ncc(N)c1C(=O)N1CCNC(=O)C1(C)C. The molecule has 2 amide bonds. The van der Waals surface area contributed by atoms with Crippen LogP contribution in [0.1, 0.15) is 31.3 Å². The summed E-state index contributed by atoms with van der Waals surface area (Å²) in [5, 5.41) is 6.82. The lowest BCUT2D eigenvalue weighted by atomic mass is 9.98. The molecule has 1 aliphatic rings. The van der Waals surface area contributed by atoms with Gasteiger partial charge in [-0.3, -0.25) is 14.3 Å². The summed E-state index contributed by atoms with van der Waals surface area (Å²) in [7, 11) is 0. The maximum atomic E-state index is 12.6. The summed E-state index contributed by atoms with van der Waals surface area (Å²) >= 11 is 0. The number of nitrogens with two attached hydrogens (primary N) is 1. The van der Waals surface area contributed by atoms with Gasteiger partial charge in [0.05, 0.1) is 11.9 Å².